The zero-order valence-electron chi connectivity index (χ0n) is 17.5. The van der Waals surface area contributed by atoms with Crippen molar-refractivity contribution in [3.8, 4) is 5.75 Å². The first-order valence-corrected chi connectivity index (χ1v) is 10.8. The van der Waals surface area contributed by atoms with Crippen LogP contribution in [0.5, 0.6) is 5.75 Å². The molecule has 166 valence electrons. The lowest BCUT2D eigenvalue weighted by Crippen LogP contribution is -2.23. The number of aliphatic imine (C=N–C) groups is 1. The third-order valence-electron chi connectivity index (χ3n) is 4.78. The third kappa shape index (κ3) is 5.48. The first kappa shape index (κ1) is 22.3. The number of amides is 1. The molecular weight excluding hydrogens is 443 g/mol. The van der Waals surface area contributed by atoms with Crippen molar-refractivity contribution < 1.29 is 23.8 Å². The van der Waals surface area contributed by atoms with Gasteiger partial charge in [0.15, 0.2) is 5.17 Å². The van der Waals surface area contributed by atoms with Crippen molar-refractivity contribution in [3.63, 3.8) is 0 Å². The smallest absolute Gasteiger partial charge is 0.266 e. The minimum Gasteiger partial charge on any atom is -0.545 e. The van der Waals surface area contributed by atoms with Crippen molar-refractivity contribution >= 4 is 40.6 Å². The van der Waals surface area contributed by atoms with Crippen molar-refractivity contribution in [1.29, 1.82) is 0 Å². The molecule has 0 N–H and O–H groups in total. The minimum absolute atomic E-state index is 0.0179. The number of benzene rings is 3. The number of likely N-dealkylation sites (N-methyl/N-ethyl adjacent to an activating group) is 1. The van der Waals surface area contributed by atoms with Gasteiger partial charge in [0.05, 0.1) is 16.6 Å². The van der Waals surface area contributed by atoms with Crippen LogP contribution in [-0.4, -0.2) is 29.0 Å². The molecule has 1 aliphatic heterocycles. The second-order valence-corrected chi connectivity index (χ2v) is 8.20. The summed E-state index contributed by atoms with van der Waals surface area (Å²) in [5.74, 6) is -1.18. The van der Waals surface area contributed by atoms with E-state index in [-0.39, 0.29) is 23.9 Å². The Hall–Kier alpha value is -3.91. The highest BCUT2D eigenvalue weighted by Gasteiger charge is 2.30. The van der Waals surface area contributed by atoms with E-state index in [4.69, 9.17) is 4.74 Å². The number of carboxylic acid groups (broad SMARTS) is 1. The molecule has 4 rings (SSSR count). The lowest BCUT2D eigenvalue weighted by atomic mass is 10.2. The van der Waals surface area contributed by atoms with Crippen LogP contribution in [0.15, 0.2) is 82.7 Å². The molecule has 1 saturated heterocycles. The summed E-state index contributed by atoms with van der Waals surface area (Å²) < 4.78 is 19.0. The number of nitrogens with zero attached hydrogens (tertiary/aromatic N) is 2. The number of carboxylic acids is 1. The molecule has 0 spiro atoms. The van der Waals surface area contributed by atoms with Gasteiger partial charge >= 0.3 is 0 Å². The normalized spacial score (nSPS) is 15.9. The van der Waals surface area contributed by atoms with Crippen LogP contribution in [0.25, 0.3) is 6.08 Å². The highest BCUT2D eigenvalue weighted by atomic mass is 32.2. The standard InChI is InChI=1S/C25H19FN2O4S/c1-28-23(29)22(33-25(28)27-20-7-3-5-18(14-20)24(30)31)13-16-8-10-21(11-9-16)32-15-17-4-2-6-19(26)12-17/h2-14H,15H2,1H3,(H,30,31)/p-1/b22-13-,27-25?. The van der Waals surface area contributed by atoms with Gasteiger partial charge in [0.1, 0.15) is 18.2 Å². The van der Waals surface area contributed by atoms with Crippen LogP contribution in [0.4, 0.5) is 10.1 Å². The van der Waals surface area contributed by atoms with Crippen LogP contribution in [0.2, 0.25) is 0 Å². The summed E-state index contributed by atoms with van der Waals surface area (Å²) in [5.41, 5.74) is 1.97. The number of hydrogen-bond donors (Lipinski definition) is 0. The average Bonchev–Trinajstić information content (AvgIpc) is 3.06. The summed E-state index contributed by atoms with van der Waals surface area (Å²) in [6.45, 7) is 0.246. The number of halogens is 1. The predicted octanol–water partition coefficient (Wildman–Crippen LogP) is 4.00. The van der Waals surface area contributed by atoms with Crippen molar-refractivity contribution in [2.24, 2.45) is 4.99 Å². The van der Waals surface area contributed by atoms with Crippen LogP contribution < -0.4 is 9.84 Å². The van der Waals surface area contributed by atoms with E-state index >= 15 is 0 Å². The molecule has 0 bridgehead atoms. The fourth-order valence-corrected chi connectivity index (χ4v) is 4.06. The Morgan fingerprint density at radius 2 is 1.88 bits per heavy atom. The van der Waals surface area contributed by atoms with Gasteiger partial charge in [-0.05, 0) is 70.9 Å². The number of amidine groups is 1. The number of aromatic carboxylic acids is 1. The first-order valence-electron chi connectivity index (χ1n) is 9.94. The molecular formula is C25H18FN2O4S-. The number of hydrogen-bond acceptors (Lipinski definition) is 6. The fourth-order valence-electron chi connectivity index (χ4n) is 3.07. The van der Waals surface area contributed by atoms with E-state index in [0.717, 1.165) is 11.1 Å². The van der Waals surface area contributed by atoms with Gasteiger partial charge in [-0.2, -0.15) is 0 Å². The Morgan fingerprint density at radius 3 is 2.61 bits per heavy atom. The topological polar surface area (TPSA) is 82.0 Å². The summed E-state index contributed by atoms with van der Waals surface area (Å²) in [6.07, 6.45) is 1.75. The van der Waals surface area contributed by atoms with E-state index in [0.29, 0.717) is 21.5 Å². The Kier molecular flexibility index (Phi) is 6.55. The molecule has 3 aromatic rings. The van der Waals surface area contributed by atoms with Gasteiger partial charge in [-0.15, -0.1) is 0 Å². The van der Waals surface area contributed by atoms with Crippen molar-refractivity contribution in [1.82, 2.24) is 4.90 Å². The summed E-state index contributed by atoms with van der Waals surface area (Å²) >= 11 is 1.20. The minimum atomic E-state index is -1.29. The molecule has 33 heavy (non-hydrogen) atoms. The van der Waals surface area contributed by atoms with E-state index in [1.54, 1.807) is 49.5 Å². The Morgan fingerprint density at radius 1 is 1.12 bits per heavy atom. The highest BCUT2D eigenvalue weighted by molar-refractivity contribution is 8.18. The molecule has 1 amide bonds. The van der Waals surface area contributed by atoms with Crippen LogP contribution >= 0.6 is 11.8 Å². The van der Waals surface area contributed by atoms with E-state index in [2.05, 4.69) is 4.99 Å². The SMILES string of the molecule is CN1C(=O)/C(=C/c2ccc(OCc3cccc(F)c3)cc2)SC1=Nc1cccc(C(=O)[O-])c1. The Balaban J connectivity index is 1.46. The molecule has 6 nitrogen and oxygen atoms in total. The summed E-state index contributed by atoms with van der Waals surface area (Å²) in [5, 5.41) is 11.5. The molecule has 8 heteroatoms. The fraction of sp³-hybridized carbons (Fsp3) is 0.0800. The lowest BCUT2D eigenvalue weighted by Gasteiger charge is -2.08. The van der Waals surface area contributed by atoms with Crippen LogP contribution in [0, 0.1) is 5.82 Å². The molecule has 0 aromatic heterocycles. The highest BCUT2D eigenvalue weighted by Crippen LogP contribution is 2.33. The average molecular weight is 461 g/mol. The van der Waals surface area contributed by atoms with Crippen molar-refractivity contribution in [2.75, 3.05) is 7.05 Å². The zero-order valence-corrected chi connectivity index (χ0v) is 18.3. The van der Waals surface area contributed by atoms with Gasteiger partial charge in [-0.1, -0.05) is 36.4 Å². The summed E-state index contributed by atoms with van der Waals surface area (Å²) in [6, 6.07) is 19.5. The molecule has 1 aliphatic rings. The van der Waals surface area contributed by atoms with Gasteiger partial charge in [-0.3, -0.25) is 9.69 Å². The molecule has 0 radical (unpaired) electrons. The lowest BCUT2D eigenvalue weighted by molar-refractivity contribution is -0.255. The van der Waals surface area contributed by atoms with E-state index in [9.17, 15) is 19.1 Å². The largest absolute Gasteiger partial charge is 0.545 e. The van der Waals surface area contributed by atoms with Crippen LogP contribution in [-0.2, 0) is 11.4 Å². The van der Waals surface area contributed by atoms with E-state index < -0.39 is 5.97 Å². The molecule has 1 heterocycles. The van der Waals surface area contributed by atoms with Gasteiger partial charge in [0.2, 0.25) is 0 Å². The predicted molar refractivity (Wildman–Crippen MR) is 123 cm³/mol. The Labute approximate surface area is 194 Å². The maximum atomic E-state index is 13.3. The molecule has 0 atom stereocenters. The van der Waals surface area contributed by atoms with Gasteiger partial charge < -0.3 is 14.6 Å². The third-order valence-corrected chi connectivity index (χ3v) is 5.84. The monoisotopic (exact) mass is 461 g/mol. The van der Waals surface area contributed by atoms with E-state index in [1.807, 2.05) is 12.1 Å². The molecule has 0 unspecified atom stereocenters. The molecule has 0 aliphatic carbocycles. The van der Waals surface area contributed by atoms with Crippen molar-refractivity contribution in [2.45, 2.75) is 6.61 Å². The number of carbonyl (C=O) groups is 2. The quantitative estimate of drug-likeness (QED) is 0.518. The number of ether oxygens (including phenoxy) is 1. The van der Waals surface area contributed by atoms with Crippen LogP contribution in [0.1, 0.15) is 21.5 Å². The molecule has 0 saturated carbocycles. The number of thioether (sulfide) groups is 1. The maximum Gasteiger partial charge on any atom is 0.266 e. The summed E-state index contributed by atoms with van der Waals surface area (Å²) in [4.78, 5) is 30.0. The van der Waals surface area contributed by atoms with Gasteiger partial charge in [-0.25, -0.2) is 9.38 Å². The van der Waals surface area contributed by atoms with Gasteiger partial charge in [0.25, 0.3) is 5.91 Å². The Bertz CT molecular complexity index is 1270. The molecule has 3 aromatic carbocycles. The van der Waals surface area contributed by atoms with E-state index in [1.165, 1.54) is 40.9 Å². The van der Waals surface area contributed by atoms with Gasteiger partial charge in [0, 0.05) is 7.05 Å². The van der Waals surface area contributed by atoms with Crippen molar-refractivity contribution in [3.05, 3.63) is 100 Å². The summed E-state index contributed by atoms with van der Waals surface area (Å²) in [7, 11) is 1.61. The number of carbonyl (C=O) groups excluding carboxylic acids is 2. The first-order chi connectivity index (χ1) is 15.9. The van der Waals surface area contributed by atoms with Crippen LogP contribution in [0.3, 0.4) is 0 Å². The second kappa shape index (κ2) is 9.70. The molecule has 1 fully saturated rings. The maximum absolute atomic E-state index is 13.3. The number of rotatable bonds is 6. The second-order valence-electron chi connectivity index (χ2n) is 7.19. The zero-order chi connectivity index (χ0) is 23.4.